The average molecular weight is 277 g/mol. The van der Waals surface area contributed by atoms with Crippen LogP contribution < -0.4 is 9.47 Å². The number of hydrogen-bond acceptors (Lipinski definition) is 4. The van der Waals surface area contributed by atoms with Gasteiger partial charge < -0.3 is 14.6 Å². The summed E-state index contributed by atoms with van der Waals surface area (Å²) in [5.74, 6) is 1.48. The average Bonchev–Trinajstić information content (AvgIpc) is 2.86. The Morgan fingerprint density at radius 2 is 1.80 bits per heavy atom. The number of benzene rings is 1. The van der Waals surface area contributed by atoms with E-state index < -0.39 is 5.60 Å². The van der Waals surface area contributed by atoms with Crippen LogP contribution in [0.25, 0.3) is 0 Å². The second-order valence-electron chi connectivity index (χ2n) is 5.82. The number of nitrogens with zero attached hydrogens (tertiary/aromatic N) is 1. The molecule has 110 valence electrons. The third-order valence-corrected chi connectivity index (χ3v) is 4.80. The van der Waals surface area contributed by atoms with Crippen molar-refractivity contribution in [1.29, 1.82) is 0 Å². The zero-order valence-electron chi connectivity index (χ0n) is 12.3. The van der Waals surface area contributed by atoms with Crippen LogP contribution in [0.1, 0.15) is 31.2 Å². The SMILES string of the molecule is COc1cc(OC)cc(C2(O)CCN3CCCCC32)c1. The third kappa shape index (κ3) is 2.17. The van der Waals surface area contributed by atoms with Crippen LogP contribution >= 0.6 is 0 Å². The molecule has 3 rings (SSSR count). The van der Waals surface area contributed by atoms with E-state index in [0.29, 0.717) is 0 Å². The molecular formula is C16H23NO3. The normalized spacial score (nSPS) is 30.1. The Balaban J connectivity index is 1.98. The van der Waals surface area contributed by atoms with Crippen LogP contribution in [0.3, 0.4) is 0 Å². The number of aliphatic hydroxyl groups is 1. The summed E-state index contributed by atoms with van der Waals surface area (Å²) in [6.07, 6.45) is 4.29. The first-order chi connectivity index (χ1) is 9.67. The highest BCUT2D eigenvalue weighted by Gasteiger charge is 2.48. The van der Waals surface area contributed by atoms with Crippen molar-refractivity contribution < 1.29 is 14.6 Å². The molecule has 2 saturated heterocycles. The number of fused-ring (bicyclic) bond motifs is 1. The van der Waals surface area contributed by atoms with Crippen molar-refractivity contribution in [2.24, 2.45) is 0 Å². The minimum atomic E-state index is -0.776. The molecular weight excluding hydrogens is 254 g/mol. The highest BCUT2D eigenvalue weighted by atomic mass is 16.5. The van der Waals surface area contributed by atoms with Gasteiger partial charge >= 0.3 is 0 Å². The molecule has 2 aliphatic rings. The summed E-state index contributed by atoms with van der Waals surface area (Å²) in [7, 11) is 3.29. The van der Waals surface area contributed by atoms with Crippen LogP contribution in [0.4, 0.5) is 0 Å². The summed E-state index contributed by atoms with van der Waals surface area (Å²) < 4.78 is 10.7. The molecule has 2 aliphatic heterocycles. The Morgan fingerprint density at radius 3 is 2.45 bits per heavy atom. The number of methoxy groups -OCH3 is 2. The molecule has 0 aliphatic carbocycles. The van der Waals surface area contributed by atoms with Gasteiger partial charge in [0.25, 0.3) is 0 Å². The highest BCUT2D eigenvalue weighted by molar-refractivity contribution is 5.42. The molecule has 0 aromatic heterocycles. The fourth-order valence-electron chi connectivity index (χ4n) is 3.67. The van der Waals surface area contributed by atoms with E-state index >= 15 is 0 Å². The molecule has 0 radical (unpaired) electrons. The topological polar surface area (TPSA) is 41.9 Å². The van der Waals surface area contributed by atoms with Gasteiger partial charge in [0.15, 0.2) is 0 Å². The van der Waals surface area contributed by atoms with Crippen molar-refractivity contribution in [1.82, 2.24) is 4.90 Å². The fourth-order valence-corrected chi connectivity index (χ4v) is 3.67. The van der Waals surface area contributed by atoms with Gasteiger partial charge in [-0.2, -0.15) is 0 Å². The van der Waals surface area contributed by atoms with Gasteiger partial charge in [0.2, 0.25) is 0 Å². The molecule has 20 heavy (non-hydrogen) atoms. The second kappa shape index (κ2) is 5.26. The van der Waals surface area contributed by atoms with E-state index in [4.69, 9.17) is 9.47 Å². The maximum absolute atomic E-state index is 11.2. The Labute approximate surface area is 120 Å². The van der Waals surface area contributed by atoms with Gasteiger partial charge in [-0.25, -0.2) is 0 Å². The van der Waals surface area contributed by atoms with Crippen molar-refractivity contribution in [3.8, 4) is 11.5 Å². The Hall–Kier alpha value is -1.26. The van der Waals surface area contributed by atoms with E-state index in [2.05, 4.69) is 4.90 Å². The number of ether oxygens (including phenoxy) is 2. The quantitative estimate of drug-likeness (QED) is 0.919. The minimum Gasteiger partial charge on any atom is -0.497 e. The molecule has 0 spiro atoms. The van der Waals surface area contributed by atoms with Gasteiger partial charge in [-0.05, 0) is 43.5 Å². The molecule has 1 aromatic rings. The molecule has 4 nitrogen and oxygen atoms in total. The lowest BCUT2D eigenvalue weighted by Crippen LogP contribution is -2.45. The van der Waals surface area contributed by atoms with E-state index in [1.807, 2.05) is 18.2 Å². The highest BCUT2D eigenvalue weighted by Crippen LogP contribution is 2.43. The first-order valence-corrected chi connectivity index (χ1v) is 7.37. The van der Waals surface area contributed by atoms with Crippen LogP contribution in [0.2, 0.25) is 0 Å². The summed E-state index contributed by atoms with van der Waals surface area (Å²) in [6, 6.07) is 5.97. The predicted octanol–water partition coefficient (Wildman–Crippen LogP) is 2.15. The third-order valence-electron chi connectivity index (χ3n) is 4.80. The number of piperidine rings is 1. The van der Waals surface area contributed by atoms with E-state index in [-0.39, 0.29) is 6.04 Å². The molecule has 0 amide bonds. The summed E-state index contributed by atoms with van der Waals surface area (Å²) in [5.41, 5.74) is 0.144. The minimum absolute atomic E-state index is 0.230. The molecule has 1 aromatic carbocycles. The fraction of sp³-hybridized carbons (Fsp3) is 0.625. The maximum atomic E-state index is 11.2. The summed E-state index contributed by atoms with van der Waals surface area (Å²) in [5, 5.41) is 11.2. The predicted molar refractivity (Wildman–Crippen MR) is 77.3 cm³/mol. The van der Waals surface area contributed by atoms with Crippen molar-refractivity contribution in [2.75, 3.05) is 27.3 Å². The molecule has 1 N–H and O–H groups in total. The first kappa shape index (κ1) is 13.7. The van der Waals surface area contributed by atoms with Crippen LogP contribution in [0.5, 0.6) is 11.5 Å². The molecule has 2 heterocycles. The van der Waals surface area contributed by atoms with Crippen LogP contribution in [-0.2, 0) is 5.60 Å². The molecule has 2 atom stereocenters. The Morgan fingerprint density at radius 1 is 1.10 bits per heavy atom. The molecule has 0 saturated carbocycles. The molecule has 0 bridgehead atoms. The van der Waals surface area contributed by atoms with E-state index in [9.17, 15) is 5.11 Å². The summed E-state index contributed by atoms with van der Waals surface area (Å²) >= 11 is 0. The van der Waals surface area contributed by atoms with Crippen LogP contribution in [0, 0.1) is 0 Å². The molecule has 2 unspecified atom stereocenters. The lowest BCUT2D eigenvalue weighted by Gasteiger charge is -2.37. The molecule has 4 heteroatoms. The smallest absolute Gasteiger partial charge is 0.122 e. The first-order valence-electron chi connectivity index (χ1n) is 7.37. The zero-order chi connectivity index (χ0) is 14.2. The van der Waals surface area contributed by atoms with Gasteiger partial charge in [0.05, 0.1) is 14.2 Å². The van der Waals surface area contributed by atoms with Crippen LogP contribution in [0.15, 0.2) is 18.2 Å². The largest absolute Gasteiger partial charge is 0.497 e. The lowest BCUT2D eigenvalue weighted by atomic mass is 9.82. The van der Waals surface area contributed by atoms with Crippen molar-refractivity contribution in [3.05, 3.63) is 23.8 Å². The second-order valence-corrected chi connectivity index (χ2v) is 5.82. The van der Waals surface area contributed by atoms with E-state index in [1.54, 1.807) is 14.2 Å². The Kier molecular flexibility index (Phi) is 3.61. The zero-order valence-corrected chi connectivity index (χ0v) is 12.3. The monoisotopic (exact) mass is 277 g/mol. The maximum Gasteiger partial charge on any atom is 0.122 e. The standard InChI is InChI=1S/C16H23NO3/c1-19-13-9-12(10-14(11-13)20-2)16(18)6-8-17-7-4-3-5-15(16)17/h9-11,15,18H,3-8H2,1-2H3. The van der Waals surface area contributed by atoms with Crippen molar-refractivity contribution >= 4 is 0 Å². The van der Waals surface area contributed by atoms with E-state index in [0.717, 1.165) is 43.0 Å². The summed E-state index contributed by atoms with van der Waals surface area (Å²) in [4.78, 5) is 2.43. The number of rotatable bonds is 3. The number of hydrogen-bond donors (Lipinski definition) is 1. The Bertz CT molecular complexity index is 468. The molecule has 2 fully saturated rings. The summed E-state index contributed by atoms with van der Waals surface area (Å²) in [6.45, 7) is 2.08. The van der Waals surface area contributed by atoms with E-state index in [1.165, 1.54) is 12.8 Å². The van der Waals surface area contributed by atoms with Gasteiger partial charge in [-0.3, -0.25) is 4.90 Å². The van der Waals surface area contributed by atoms with Gasteiger partial charge in [0, 0.05) is 18.7 Å². The van der Waals surface area contributed by atoms with Gasteiger partial charge in [-0.1, -0.05) is 6.42 Å². The van der Waals surface area contributed by atoms with Gasteiger partial charge in [-0.15, -0.1) is 0 Å². The van der Waals surface area contributed by atoms with Crippen molar-refractivity contribution in [3.63, 3.8) is 0 Å². The van der Waals surface area contributed by atoms with Crippen molar-refractivity contribution in [2.45, 2.75) is 37.3 Å². The van der Waals surface area contributed by atoms with Gasteiger partial charge in [0.1, 0.15) is 17.1 Å². The lowest BCUT2D eigenvalue weighted by molar-refractivity contribution is -0.0140. The van der Waals surface area contributed by atoms with Crippen LogP contribution in [-0.4, -0.2) is 43.4 Å².